The third kappa shape index (κ3) is 6.04. The highest BCUT2D eigenvalue weighted by Gasteiger charge is 2.06. The van der Waals surface area contributed by atoms with E-state index in [4.69, 9.17) is 4.74 Å². The van der Waals surface area contributed by atoms with Crippen LogP contribution in [-0.4, -0.2) is 11.8 Å². The van der Waals surface area contributed by atoms with E-state index in [1.165, 1.54) is 12.1 Å². The molecular weight excluding hydrogens is 371 g/mol. The largest absolute Gasteiger partial charge is 0.489 e. The number of carbonyl (C=O) groups excluding carboxylic acids is 2. The van der Waals surface area contributed by atoms with Crippen molar-refractivity contribution in [3.8, 4) is 5.75 Å². The molecule has 0 spiro atoms. The van der Waals surface area contributed by atoms with Crippen molar-refractivity contribution < 1.29 is 18.7 Å². The number of rotatable bonds is 6. The second-order valence-corrected chi connectivity index (χ2v) is 6.10. The van der Waals surface area contributed by atoms with Crippen LogP contribution in [0.15, 0.2) is 84.9 Å². The molecule has 29 heavy (non-hydrogen) atoms. The van der Waals surface area contributed by atoms with Crippen molar-refractivity contribution in [3.63, 3.8) is 0 Å². The second kappa shape index (κ2) is 9.85. The van der Waals surface area contributed by atoms with Crippen molar-refractivity contribution in [2.24, 2.45) is 0 Å². The molecule has 0 radical (unpaired) electrons. The number of halogens is 1. The van der Waals surface area contributed by atoms with E-state index in [0.29, 0.717) is 12.2 Å². The zero-order chi connectivity index (χ0) is 20.5. The van der Waals surface area contributed by atoms with Gasteiger partial charge in [0.2, 0.25) is 0 Å². The van der Waals surface area contributed by atoms with Gasteiger partial charge in [0.15, 0.2) is 0 Å². The third-order valence-corrected chi connectivity index (χ3v) is 3.98. The average Bonchev–Trinajstić information content (AvgIpc) is 2.76. The molecule has 0 aliphatic heterocycles. The number of para-hydroxylation sites is 1. The highest BCUT2D eigenvalue weighted by Crippen LogP contribution is 2.12. The van der Waals surface area contributed by atoms with Gasteiger partial charge in [-0.3, -0.25) is 20.4 Å². The topological polar surface area (TPSA) is 67.4 Å². The molecule has 0 unspecified atom stereocenters. The van der Waals surface area contributed by atoms with Gasteiger partial charge in [-0.25, -0.2) is 4.39 Å². The van der Waals surface area contributed by atoms with Crippen LogP contribution in [0.2, 0.25) is 0 Å². The Morgan fingerprint density at radius 2 is 1.55 bits per heavy atom. The maximum Gasteiger partial charge on any atom is 0.269 e. The van der Waals surface area contributed by atoms with Gasteiger partial charge in [-0.15, -0.1) is 0 Å². The van der Waals surface area contributed by atoms with E-state index in [-0.39, 0.29) is 5.56 Å². The Balaban J connectivity index is 1.47. The molecule has 0 aromatic heterocycles. The molecule has 0 bridgehead atoms. The van der Waals surface area contributed by atoms with Crippen LogP contribution in [0.1, 0.15) is 21.5 Å². The molecule has 2 amide bonds. The molecule has 0 aliphatic rings. The molecule has 0 heterocycles. The Labute approximate surface area is 167 Å². The Hall–Kier alpha value is -3.93. The predicted octanol–water partition coefficient (Wildman–Crippen LogP) is 3.88. The number of carbonyl (C=O) groups is 2. The number of hydrogen-bond acceptors (Lipinski definition) is 3. The van der Waals surface area contributed by atoms with E-state index in [1.54, 1.807) is 42.5 Å². The molecule has 5 nitrogen and oxygen atoms in total. The second-order valence-electron chi connectivity index (χ2n) is 6.10. The summed E-state index contributed by atoms with van der Waals surface area (Å²) in [5.41, 5.74) is 6.14. The lowest BCUT2D eigenvalue weighted by Crippen LogP contribution is -2.40. The lowest BCUT2D eigenvalue weighted by Gasteiger charge is -2.08. The zero-order valence-electron chi connectivity index (χ0n) is 15.5. The number of hydrogen-bond donors (Lipinski definition) is 2. The molecule has 0 saturated carbocycles. The summed E-state index contributed by atoms with van der Waals surface area (Å²) in [6.07, 6.45) is 2.47. The van der Waals surface area contributed by atoms with Gasteiger partial charge in [-0.1, -0.05) is 48.5 Å². The SMILES string of the molecule is O=C(/C=C/c1ccccc1F)NNC(=O)c1ccc(COc2ccccc2)cc1. The summed E-state index contributed by atoms with van der Waals surface area (Å²) in [7, 11) is 0. The Bertz CT molecular complexity index is 1000. The molecule has 0 aliphatic carbocycles. The van der Waals surface area contributed by atoms with Crippen LogP contribution in [0.25, 0.3) is 6.08 Å². The number of nitrogens with one attached hydrogen (secondary N) is 2. The van der Waals surface area contributed by atoms with Crippen LogP contribution in [0.3, 0.4) is 0 Å². The van der Waals surface area contributed by atoms with E-state index in [2.05, 4.69) is 10.9 Å². The van der Waals surface area contributed by atoms with Gasteiger partial charge in [0.1, 0.15) is 18.2 Å². The van der Waals surface area contributed by atoms with E-state index in [9.17, 15) is 14.0 Å². The van der Waals surface area contributed by atoms with Crippen LogP contribution in [0, 0.1) is 5.82 Å². The molecule has 0 atom stereocenters. The summed E-state index contributed by atoms with van der Waals surface area (Å²) in [5.74, 6) is -0.708. The smallest absolute Gasteiger partial charge is 0.269 e. The van der Waals surface area contributed by atoms with Gasteiger partial charge in [-0.05, 0) is 42.0 Å². The fraction of sp³-hybridized carbons (Fsp3) is 0.0435. The van der Waals surface area contributed by atoms with Crippen molar-refractivity contribution in [2.75, 3.05) is 0 Å². The molecule has 6 heteroatoms. The highest BCUT2D eigenvalue weighted by molar-refractivity contribution is 5.97. The zero-order valence-corrected chi connectivity index (χ0v) is 15.5. The molecule has 3 aromatic rings. The first-order valence-corrected chi connectivity index (χ1v) is 8.91. The Morgan fingerprint density at radius 3 is 2.28 bits per heavy atom. The maximum atomic E-state index is 13.5. The normalized spacial score (nSPS) is 10.5. The van der Waals surface area contributed by atoms with Crippen molar-refractivity contribution >= 4 is 17.9 Å². The van der Waals surface area contributed by atoms with Crippen LogP contribution in [-0.2, 0) is 11.4 Å². The summed E-state index contributed by atoms with van der Waals surface area (Å²) in [6.45, 7) is 0.378. The predicted molar refractivity (Wildman–Crippen MR) is 108 cm³/mol. The minimum absolute atomic E-state index is 0.280. The van der Waals surface area contributed by atoms with Crippen molar-refractivity contribution in [1.82, 2.24) is 10.9 Å². The lowest BCUT2D eigenvalue weighted by atomic mass is 10.1. The fourth-order valence-corrected chi connectivity index (χ4v) is 2.44. The summed E-state index contributed by atoms with van der Waals surface area (Å²) in [5, 5.41) is 0. The number of ether oxygens (including phenoxy) is 1. The van der Waals surface area contributed by atoms with Crippen molar-refractivity contribution in [2.45, 2.75) is 6.61 Å². The highest BCUT2D eigenvalue weighted by atomic mass is 19.1. The van der Waals surface area contributed by atoms with Crippen LogP contribution >= 0.6 is 0 Å². The Kier molecular flexibility index (Phi) is 6.73. The summed E-state index contributed by atoms with van der Waals surface area (Å²) >= 11 is 0. The monoisotopic (exact) mass is 390 g/mol. The quantitative estimate of drug-likeness (QED) is 0.496. The lowest BCUT2D eigenvalue weighted by molar-refractivity contribution is -0.117. The fourth-order valence-electron chi connectivity index (χ4n) is 2.44. The molecule has 2 N–H and O–H groups in total. The van der Waals surface area contributed by atoms with Crippen LogP contribution in [0.5, 0.6) is 5.75 Å². The standard InChI is InChI=1S/C23H19FN2O3/c24-21-9-5-4-6-18(21)14-15-22(27)25-26-23(28)19-12-10-17(11-13-19)16-29-20-7-2-1-3-8-20/h1-15H,16H2,(H,25,27)(H,26,28)/b15-14+. The molecule has 146 valence electrons. The van der Waals surface area contributed by atoms with Gasteiger partial charge in [0.25, 0.3) is 11.8 Å². The molecule has 0 saturated heterocycles. The first-order valence-electron chi connectivity index (χ1n) is 8.91. The van der Waals surface area contributed by atoms with E-state index < -0.39 is 17.6 Å². The van der Waals surface area contributed by atoms with Gasteiger partial charge in [0, 0.05) is 17.2 Å². The molecular formula is C23H19FN2O3. The third-order valence-electron chi connectivity index (χ3n) is 3.98. The molecule has 3 rings (SSSR count). The average molecular weight is 390 g/mol. The number of amides is 2. The van der Waals surface area contributed by atoms with Crippen LogP contribution < -0.4 is 15.6 Å². The first-order chi connectivity index (χ1) is 14.1. The van der Waals surface area contributed by atoms with E-state index in [0.717, 1.165) is 17.4 Å². The van der Waals surface area contributed by atoms with Gasteiger partial charge >= 0.3 is 0 Å². The van der Waals surface area contributed by atoms with Gasteiger partial charge < -0.3 is 4.74 Å². The summed E-state index contributed by atoms with van der Waals surface area (Å²) in [4.78, 5) is 23.9. The van der Waals surface area contributed by atoms with Gasteiger partial charge in [0.05, 0.1) is 0 Å². The first kappa shape index (κ1) is 19.8. The maximum absolute atomic E-state index is 13.5. The minimum Gasteiger partial charge on any atom is -0.489 e. The van der Waals surface area contributed by atoms with Crippen molar-refractivity contribution in [1.29, 1.82) is 0 Å². The van der Waals surface area contributed by atoms with E-state index >= 15 is 0 Å². The van der Waals surface area contributed by atoms with Crippen molar-refractivity contribution in [3.05, 3.63) is 107 Å². The Morgan fingerprint density at radius 1 is 0.862 bits per heavy atom. The summed E-state index contributed by atoms with van der Waals surface area (Å²) < 4.78 is 19.1. The van der Waals surface area contributed by atoms with Crippen LogP contribution in [0.4, 0.5) is 4.39 Å². The minimum atomic E-state index is -0.575. The molecule has 3 aromatic carbocycles. The van der Waals surface area contributed by atoms with E-state index in [1.807, 2.05) is 30.3 Å². The summed E-state index contributed by atoms with van der Waals surface area (Å²) in [6, 6.07) is 22.3. The number of benzene rings is 3. The van der Waals surface area contributed by atoms with Gasteiger partial charge in [-0.2, -0.15) is 0 Å². The molecule has 0 fully saturated rings. The number of hydrazine groups is 1.